The predicted octanol–water partition coefficient (Wildman–Crippen LogP) is 2.04. The molecule has 0 aliphatic heterocycles. The lowest BCUT2D eigenvalue weighted by Gasteiger charge is -2.20. The first-order chi connectivity index (χ1) is 13.3. The quantitative estimate of drug-likeness (QED) is 0.684. The molecule has 0 aromatic carbocycles. The molecule has 10 heteroatoms. The van der Waals surface area contributed by atoms with Crippen LogP contribution in [0.3, 0.4) is 0 Å². The van der Waals surface area contributed by atoms with Gasteiger partial charge in [0.25, 0.3) is 0 Å². The minimum absolute atomic E-state index is 0.0192. The Morgan fingerprint density at radius 3 is 2.83 bits per heavy atom. The van der Waals surface area contributed by atoms with Gasteiger partial charge in [0.1, 0.15) is 18.2 Å². The van der Waals surface area contributed by atoms with Gasteiger partial charge in [-0.15, -0.1) is 0 Å². The molecular formula is C13H22N5O4P. The summed E-state index contributed by atoms with van der Waals surface area (Å²) < 4.78 is 76.9. The fraction of sp³-hybridized carbons (Fsp3) is 0.615. The van der Waals surface area contributed by atoms with Gasteiger partial charge in [0.2, 0.25) is 0 Å². The van der Waals surface area contributed by atoms with Crippen molar-refractivity contribution in [1.82, 2.24) is 19.5 Å². The number of hydrogen-bond donors (Lipinski definition) is 1. The smallest absolute Gasteiger partial charge is 0.356 e. The number of fused-ring (bicyclic) bond motifs is 1. The van der Waals surface area contributed by atoms with E-state index in [1.54, 1.807) is 13.8 Å². The fourth-order valence-electron chi connectivity index (χ4n) is 1.73. The van der Waals surface area contributed by atoms with Gasteiger partial charge in [-0.1, -0.05) is 0 Å². The number of aromatic nitrogens is 4. The summed E-state index contributed by atoms with van der Waals surface area (Å²) in [5.74, 6) is -0.0490. The molecule has 2 heterocycles. The maximum absolute atomic E-state index is 12.6. The van der Waals surface area contributed by atoms with Crippen molar-refractivity contribution >= 4 is 24.6 Å². The van der Waals surface area contributed by atoms with Crippen LogP contribution in [0, 0.1) is 0 Å². The molecule has 0 fully saturated rings. The van der Waals surface area contributed by atoms with E-state index in [1.807, 2.05) is 0 Å². The van der Waals surface area contributed by atoms with Gasteiger partial charge in [0.05, 0.1) is 36.2 Å². The second kappa shape index (κ2) is 7.83. The standard InChI is InChI=1S/C13H22N5O4P/c1-4-21-23(19,22-5-2)9-20-10(3)6-18-8-17-11-12(14)15-7-16-13(11)18/h7-8,10H,4-6,9H2,1-3H3,(H2,14,15,16)/i3D3,6D2,10D. The lowest BCUT2D eigenvalue weighted by atomic mass is 10.4. The van der Waals surface area contributed by atoms with E-state index in [0.717, 1.165) is 12.7 Å². The van der Waals surface area contributed by atoms with Gasteiger partial charge in [0, 0.05) is 4.11 Å². The summed E-state index contributed by atoms with van der Waals surface area (Å²) in [6.07, 6.45) is -2.18. The highest BCUT2D eigenvalue weighted by atomic mass is 31.2. The van der Waals surface area contributed by atoms with Gasteiger partial charge in [-0.05, 0) is 20.7 Å². The third-order valence-electron chi connectivity index (χ3n) is 2.60. The molecule has 0 saturated carbocycles. The number of imidazole rings is 1. The molecule has 2 rings (SSSR count). The highest BCUT2D eigenvalue weighted by Gasteiger charge is 2.25. The van der Waals surface area contributed by atoms with E-state index in [4.69, 9.17) is 27.7 Å². The summed E-state index contributed by atoms with van der Waals surface area (Å²) in [7, 11) is -3.92. The molecule has 2 N–H and O–H groups in total. The van der Waals surface area contributed by atoms with Crippen LogP contribution in [0.2, 0.25) is 0 Å². The molecule has 0 radical (unpaired) electrons. The van der Waals surface area contributed by atoms with E-state index in [-0.39, 0.29) is 30.2 Å². The van der Waals surface area contributed by atoms with Crippen molar-refractivity contribution in [2.24, 2.45) is 0 Å². The molecule has 0 saturated heterocycles. The zero-order valence-electron chi connectivity index (χ0n) is 18.7. The highest BCUT2D eigenvalue weighted by Crippen LogP contribution is 2.48. The van der Waals surface area contributed by atoms with Gasteiger partial charge in [-0.25, -0.2) is 15.0 Å². The van der Waals surface area contributed by atoms with Crippen molar-refractivity contribution in [3.8, 4) is 0 Å². The third-order valence-corrected chi connectivity index (χ3v) is 4.35. The van der Waals surface area contributed by atoms with Crippen molar-refractivity contribution < 1.29 is 26.6 Å². The van der Waals surface area contributed by atoms with E-state index in [9.17, 15) is 4.57 Å². The topological polar surface area (TPSA) is 114 Å². The van der Waals surface area contributed by atoms with Crippen molar-refractivity contribution in [3.05, 3.63) is 12.7 Å². The van der Waals surface area contributed by atoms with Crippen LogP contribution in [0.4, 0.5) is 5.82 Å². The Morgan fingerprint density at radius 2 is 2.17 bits per heavy atom. The zero-order valence-corrected chi connectivity index (χ0v) is 13.6. The second-order valence-corrected chi connectivity index (χ2v) is 6.20. The van der Waals surface area contributed by atoms with E-state index in [0.29, 0.717) is 4.57 Å². The van der Waals surface area contributed by atoms with Crippen LogP contribution in [0.25, 0.3) is 11.2 Å². The second-order valence-electron chi connectivity index (χ2n) is 4.21. The average Bonchev–Trinajstić information content (AvgIpc) is 3.05. The first-order valence-corrected chi connectivity index (χ1v) is 8.52. The van der Waals surface area contributed by atoms with Crippen molar-refractivity contribution in [3.63, 3.8) is 0 Å². The van der Waals surface area contributed by atoms with Gasteiger partial charge in [-0.2, -0.15) is 0 Å². The maximum Gasteiger partial charge on any atom is 0.356 e. The Labute approximate surface area is 143 Å². The summed E-state index contributed by atoms with van der Waals surface area (Å²) in [5.41, 5.74) is 5.57. The van der Waals surface area contributed by atoms with Gasteiger partial charge in [0.15, 0.2) is 11.5 Å². The Hall–Kier alpha value is -1.54. The summed E-state index contributed by atoms with van der Waals surface area (Å²) in [6.45, 7) is -3.30. The molecular weight excluding hydrogens is 321 g/mol. The highest BCUT2D eigenvalue weighted by molar-refractivity contribution is 7.53. The lowest BCUT2D eigenvalue weighted by molar-refractivity contribution is 0.0672. The van der Waals surface area contributed by atoms with Gasteiger partial charge in [-0.3, -0.25) is 4.57 Å². The number of hydrogen-bond acceptors (Lipinski definition) is 8. The lowest BCUT2D eigenvalue weighted by Crippen LogP contribution is -2.18. The molecule has 1 atom stereocenters. The first kappa shape index (κ1) is 11.1. The van der Waals surface area contributed by atoms with E-state index >= 15 is 0 Å². The molecule has 2 aromatic rings. The van der Waals surface area contributed by atoms with Crippen molar-refractivity contribution in [2.75, 3.05) is 25.3 Å². The molecule has 0 amide bonds. The van der Waals surface area contributed by atoms with Crippen LogP contribution in [-0.4, -0.2) is 45.2 Å². The van der Waals surface area contributed by atoms with Gasteiger partial charge >= 0.3 is 7.60 Å². The summed E-state index contributed by atoms with van der Waals surface area (Å²) >= 11 is 0. The molecule has 1 unspecified atom stereocenters. The summed E-state index contributed by atoms with van der Waals surface area (Å²) in [6, 6.07) is 0. The molecule has 0 spiro atoms. The number of anilines is 1. The van der Waals surface area contributed by atoms with E-state index < -0.39 is 33.4 Å². The van der Waals surface area contributed by atoms with E-state index in [1.165, 1.54) is 0 Å². The van der Waals surface area contributed by atoms with Crippen molar-refractivity contribution in [1.29, 1.82) is 0 Å². The Morgan fingerprint density at radius 1 is 1.43 bits per heavy atom. The van der Waals surface area contributed by atoms with Crippen LogP contribution in [-0.2, 0) is 24.8 Å². The van der Waals surface area contributed by atoms with Crippen LogP contribution in [0.5, 0.6) is 0 Å². The molecule has 0 bridgehead atoms. The number of nitrogen functional groups attached to an aromatic ring is 1. The molecule has 9 nitrogen and oxygen atoms in total. The predicted molar refractivity (Wildman–Crippen MR) is 86.0 cm³/mol. The molecule has 128 valence electrons. The van der Waals surface area contributed by atoms with E-state index in [2.05, 4.69) is 15.0 Å². The number of nitrogens with two attached hydrogens (primary N) is 1. The van der Waals surface area contributed by atoms with Gasteiger partial charge < -0.3 is 24.1 Å². The summed E-state index contributed by atoms with van der Waals surface area (Å²) in [5, 5.41) is 0. The monoisotopic (exact) mass is 349 g/mol. The zero-order chi connectivity index (χ0) is 22.1. The Balaban J connectivity index is 2.52. The SMILES string of the molecule is [2H]C([2H])([2H])C([2H])(OCP(=O)(OCC)OCC)C([2H])([2H])n1cnc2c(N)ncnc21. The minimum Gasteiger partial charge on any atom is -0.382 e. The molecule has 0 aliphatic carbocycles. The Bertz CT molecular complexity index is 899. The normalized spacial score (nSPS) is 19.9. The average molecular weight is 349 g/mol. The minimum atomic E-state index is -3.92. The molecule has 23 heavy (non-hydrogen) atoms. The Kier molecular flexibility index (Phi) is 3.78. The largest absolute Gasteiger partial charge is 0.382 e. The van der Waals surface area contributed by atoms with Crippen LogP contribution < -0.4 is 5.73 Å². The third kappa shape index (κ3) is 4.48. The first-order valence-electron chi connectivity index (χ1n) is 9.79. The van der Waals surface area contributed by atoms with Crippen LogP contribution in [0.1, 0.15) is 28.9 Å². The fourth-order valence-corrected chi connectivity index (χ4v) is 3.02. The van der Waals surface area contributed by atoms with Crippen LogP contribution >= 0.6 is 7.60 Å². The number of nitrogens with zero attached hydrogens (tertiary/aromatic N) is 4. The van der Waals surface area contributed by atoms with Crippen LogP contribution in [0.15, 0.2) is 12.7 Å². The number of ether oxygens (including phenoxy) is 1. The number of rotatable bonds is 9. The maximum atomic E-state index is 12.6. The summed E-state index contributed by atoms with van der Waals surface area (Å²) in [4.78, 5) is 11.5. The molecule has 2 aromatic heterocycles. The molecule has 0 aliphatic rings. The van der Waals surface area contributed by atoms with Crippen molar-refractivity contribution in [2.45, 2.75) is 33.3 Å².